The second kappa shape index (κ2) is 11.6. The maximum absolute atomic E-state index is 11.8. The van der Waals surface area contributed by atoms with Gasteiger partial charge >= 0.3 is 0 Å². The molecule has 7 nitrogen and oxygen atoms in total. The molecule has 1 heterocycles. The predicted octanol–water partition coefficient (Wildman–Crippen LogP) is 1.97. The minimum atomic E-state index is -3.72. The highest BCUT2D eigenvalue weighted by atomic mass is 32.2. The van der Waals surface area contributed by atoms with Crippen molar-refractivity contribution in [3.05, 3.63) is 30.3 Å². The SMILES string of the molecule is O=S(=O)(OCCOCCOCCOC1CCCCO1)c1ccccc1. The van der Waals surface area contributed by atoms with Crippen LogP contribution in [0.1, 0.15) is 19.3 Å². The first kappa shape index (κ1) is 20.3. The van der Waals surface area contributed by atoms with Crippen molar-refractivity contribution in [2.24, 2.45) is 0 Å². The molecule has 1 aromatic carbocycles. The molecule has 1 atom stereocenters. The Morgan fingerprint density at radius 1 is 0.920 bits per heavy atom. The standard InChI is InChI=1S/C17H26O7S/c18-25(19,16-6-2-1-3-7-16)24-15-13-21-11-10-20-12-14-23-17-8-4-5-9-22-17/h1-3,6-7,17H,4-5,8-15H2. The Bertz CT molecular complexity index is 556. The highest BCUT2D eigenvalue weighted by Gasteiger charge is 2.14. The Kier molecular flexibility index (Phi) is 9.38. The zero-order chi connectivity index (χ0) is 17.8. The molecule has 1 unspecified atom stereocenters. The van der Waals surface area contributed by atoms with Crippen molar-refractivity contribution in [3.63, 3.8) is 0 Å². The summed E-state index contributed by atoms with van der Waals surface area (Å²) in [6.45, 7) is 2.67. The molecule has 0 amide bonds. The maximum Gasteiger partial charge on any atom is 0.297 e. The summed E-state index contributed by atoms with van der Waals surface area (Å²) in [6, 6.07) is 8.02. The van der Waals surface area contributed by atoms with Crippen molar-refractivity contribution in [1.29, 1.82) is 0 Å². The van der Waals surface area contributed by atoms with Crippen LogP contribution < -0.4 is 0 Å². The third kappa shape index (κ3) is 8.26. The average molecular weight is 374 g/mol. The lowest BCUT2D eigenvalue weighted by atomic mass is 10.2. The molecule has 0 saturated carbocycles. The molecular formula is C17H26O7S. The first-order valence-electron chi connectivity index (χ1n) is 8.52. The molecule has 8 heteroatoms. The van der Waals surface area contributed by atoms with Crippen LogP contribution in [0.4, 0.5) is 0 Å². The minimum Gasteiger partial charge on any atom is -0.377 e. The van der Waals surface area contributed by atoms with Crippen LogP contribution in [0.15, 0.2) is 35.2 Å². The van der Waals surface area contributed by atoms with Crippen LogP contribution in [0.25, 0.3) is 0 Å². The van der Waals surface area contributed by atoms with Gasteiger partial charge in [0.1, 0.15) is 0 Å². The fourth-order valence-electron chi connectivity index (χ4n) is 2.26. The van der Waals surface area contributed by atoms with E-state index in [9.17, 15) is 8.42 Å². The van der Waals surface area contributed by atoms with Gasteiger partial charge in [0.15, 0.2) is 6.29 Å². The van der Waals surface area contributed by atoms with Crippen LogP contribution in [0, 0.1) is 0 Å². The van der Waals surface area contributed by atoms with Crippen LogP contribution in [0.2, 0.25) is 0 Å². The largest absolute Gasteiger partial charge is 0.377 e. The molecule has 25 heavy (non-hydrogen) atoms. The van der Waals surface area contributed by atoms with Gasteiger partial charge in [-0.2, -0.15) is 8.42 Å². The Balaban J connectivity index is 1.42. The zero-order valence-electron chi connectivity index (χ0n) is 14.3. The summed E-state index contributed by atoms with van der Waals surface area (Å²) in [5.41, 5.74) is 0. The summed E-state index contributed by atoms with van der Waals surface area (Å²) in [5.74, 6) is 0. The lowest BCUT2D eigenvalue weighted by molar-refractivity contribution is -0.169. The maximum atomic E-state index is 11.8. The van der Waals surface area contributed by atoms with Crippen molar-refractivity contribution in [2.75, 3.05) is 46.2 Å². The third-order valence-electron chi connectivity index (χ3n) is 3.54. The Labute approximate surface area is 149 Å². The van der Waals surface area contributed by atoms with Gasteiger partial charge in [-0.15, -0.1) is 0 Å². The molecular weight excluding hydrogens is 348 g/mol. The number of ether oxygens (including phenoxy) is 4. The molecule has 0 bridgehead atoms. The van der Waals surface area contributed by atoms with Crippen LogP contribution in [-0.4, -0.2) is 61.0 Å². The van der Waals surface area contributed by atoms with E-state index in [0.717, 1.165) is 25.9 Å². The number of benzene rings is 1. The van der Waals surface area contributed by atoms with Gasteiger partial charge < -0.3 is 18.9 Å². The molecule has 1 saturated heterocycles. The second-order valence-corrected chi connectivity index (χ2v) is 7.10. The van der Waals surface area contributed by atoms with Crippen LogP contribution in [0.3, 0.4) is 0 Å². The summed E-state index contributed by atoms with van der Waals surface area (Å²) < 4.78 is 50.2. The average Bonchev–Trinajstić information content (AvgIpc) is 2.65. The molecule has 1 aromatic rings. The molecule has 1 fully saturated rings. The van der Waals surface area contributed by atoms with Gasteiger partial charge in [-0.1, -0.05) is 18.2 Å². The Morgan fingerprint density at radius 2 is 1.60 bits per heavy atom. The molecule has 0 N–H and O–H groups in total. The molecule has 2 rings (SSSR count). The van der Waals surface area contributed by atoms with Gasteiger partial charge in [0, 0.05) is 6.61 Å². The van der Waals surface area contributed by atoms with Crippen molar-refractivity contribution in [2.45, 2.75) is 30.4 Å². The van der Waals surface area contributed by atoms with E-state index in [2.05, 4.69) is 0 Å². The smallest absolute Gasteiger partial charge is 0.297 e. The predicted molar refractivity (Wildman–Crippen MR) is 90.8 cm³/mol. The van der Waals surface area contributed by atoms with Gasteiger partial charge in [0.25, 0.3) is 10.1 Å². The number of rotatable bonds is 12. The van der Waals surface area contributed by atoms with E-state index < -0.39 is 10.1 Å². The van der Waals surface area contributed by atoms with E-state index in [4.69, 9.17) is 23.1 Å². The van der Waals surface area contributed by atoms with E-state index in [1.807, 2.05) is 0 Å². The van der Waals surface area contributed by atoms with Crippen LogP contribution >= 0.6 is 0 Å². The number of hydrogen-bond donors (Lipinski definition) is 0. The van der Waals surface area contributed by atoms with Gasteiger partial charge in [-0.05, 0) is 31.4 Å². The molecule has 142 valence electrons. The van der Waals surface area contributed by atoms with E-state index >= 15 is 0 Å². The van der Waals surface area contributed by atoms with Gasteiger partial charge in [0.05, 0.1) is 44.5 Å². The summed E-state index contributed by atoms with van der Waals surface area (Å²) in [5, 5.41) is 0. The second-order valence-electron chi connectivity index (χ2n) is 5.48. The first-order valence-corrected chi connectivity index (χ1v) is 9.92. The third-order valence-corrected chi connectivity index (χ3v) is 4.87. The van der Waals surface area contributed by atoms with E-state index in [1.165, 1.54) is 12.1 Å². The van der Waals surface area contributed by atoms with Crippen LogP contribution in [0.5, 0.6) is 0 Å². The lowest BCUT2D eigenvalue weighted by Gasteiger charge is -2.22. The van der Waals surface area contributed by atoms with E-state index in [0.29, 0.717) is 26.4 Å². The normalized spacial score (nSPS) is 18.3. The van der Waals surface area contributed by atoms with Gasteiger partial charge in [-0.3, -0.25) is 4.18 Å². The van der Waals surface area contributed by atoms with Crippen LogP contribution in [-0.2, 0) is 33.2 Å². The number of hydrogen-bond acceptors (Lipinski definition) is 7. The van der Waals surface area contributed by atoms with Crippen molar-refractivity contribution in [1.82, 2.24) is 0 Å². The Hall–Kier alpha value is -1.03. The lowest BCUT2D eigenvalue weighted by Crippen LogP contribution is -2.24. The van der Waals surface area contributed by atoms with E-state index in [-0.39, 0.29) is 24.4 Å². The first-order chi connectivity index (χ1) is 12.2. The fourth-order valence-corrected chi connectivity index (χ4v) is 3.17. The quantitative estimate of drug-likeness (QED) is 0.409. The minimum absolute atomic E-state index is 0.0284. The summed E-state index contributed by atoms with van der Waals surface area (Å²) in [6.07, 6.45) is 3.08. The molecule has 0 radical (unpaired) electrons. The van der Waals surface area contributed by atoms with Crippen molar-refractivity contribution < 1.29 is 31.5 Å². The topological polar surface area (TPSA) is 80.3 Å². The Morgan fingerprint density at radius 3 is 2.28 bits per heavy atom. The molecule has 1 aliphatic rings. The molecule has 0 spiro atoms. The highest BCUT2D eigenvalue weighted by molar-refractivity contribution is 7.86. The van der Waals surface area contributed by atoms with E-state index in [1.54, 1.807) is 18.2 Å². The molecule has 0 aromatic heterocycles. The molecule has 1 aliphatic heterocycles. The summed E-state index contributed by atoms with van der Waals surface area (Å²) in [7, 11) is -3.72. The highest BCUT2D eigenvalue weighted by Crippen LogP contribution is 2.13. The monoisotopic (exact) mass is 374 g/mol. The summed E-state index contributed by atoms with van der Waals surface area (Å²) in [4.78, 5) is 0.139. The van der Waals surface area contributed by atoms with Gasteiger partial charge in [0.2, 0.25) is 0 Å². The van der Waals surface area contributed by atoms with Crippen molar-refractivity contribution in [3.8, 4) is 0 Å². The van der Waals surface area contributed by atoms with Crippen molar-refractivity contribution >= 4 is 10.1 Å². The van der Waals surface area contributed by atoms with Gasteiger partial charge in [-0.25, -0.2) is 0 Å². The summed E-state index contributed by atoms with van der Waals surface area (Å²) >= 11 is 0. The molecule has 0 aliphatic carbocycles. The zero-order valence-corrected chi connectivity index (χ0v) is 15.1. The fraction of sp³-hybridized carbons (Fsp3) is 0.647.